The fourth-order valence-electron chi connectivity index (χ4n) is 3.50. The van der Waals surface area contributed by atoms with Gasteiger partial charge in [0.2, 0.25) is 0 Å². The van der Waals surface area contributed by atoms with E-state index in [4.69, 9.17) is 0 Å². The van der Waals surface area contributed by atoms with Gasteiger partial charge in [0.25, 0.3) is 0 Å². The van der Waals surface area contributed by atoms with Crippen LogP contribution in [0.25, 0.3) is 0 Å². The van der Waals surface area contributed by atoms with Crippen molar-refractivity contribution < 1.29 is 5.11 Å². The third-order valence-electron chi connectivity index (χ3n) is 4.82. The van der Waals surface area contributed by atoms with E-state index in [1.165, 1.54) is 25.7 Å². The molecule has 1 heteroatoms. The highest BCUT2D eigenvalue weighted by molar-refractivity contribution is 4.94. The summed E-state index contributed by atoms with van der Waals surface area (Å²) in [5.41, 5.74) is 0. The highest BCUT2D eigenvalue weighted by atomic mass is 16.3. The van der Waals surface area contributed by atoms with Crippen LogP contribution in [0.3, 0.4) is 0 Å². The van der Waals surface area contributed by atoms with Crippen molar-refractivity contribution in [1.82, 2.24) is 0 Å². The van der Waals surface area contributed by atoms with Crippen LogP contribution in [0.4, 0.5) is 0 Å². The molecule has 5 atom stereocenters. The van der Waals surface area contributed by atoms with Crippen molar-refractivity contribution in [2.45, 2.75) is 52.6 Å². The molecule has 14 heavy (non-hydrogen) atoms. The third-order valence-corrected chi connectivity index (χ3v) is 4.82. The number of hydrogen-bond donors (Lipinski definition) is 1. The van der Waals surface area contributed by atoms with Gasteiger partial charge in [-0.1, -0.05) is 27.2 Å². The summed E-state index contributed by atoms with van der Waals surface area (Å²) in [5.74, 6) is 3.53. The molecule has 82 valence electrons. The van der Waals surface area contributed by atoms with Gasteiger partial charge in [0.05, 0.1) is 6.10 Å². The molecule has 0 heterocycles. The van der Waals surface area contributed by atoms with Gasteiger partial charge in [0.15, 0.2) is 0 Å². The average Bonchev–Trinajstić information content (AvgIpc) is 2.76. The zero-order chi connectivity index (χ0) is 10.3. The predicted molar refractivity (Wildman–Crippen MR) is 58.9 cm³/mol. The molecular weight excluding hydrogens is 172 g/mol. The summed E-state index contributed by atoms with van der Waals surface area (Å²) in [7, 11) is 0. The molecule has 0 saturated heterocycles. The molecule has 0 aliphatic heterocycles. The second-order valence-electron chi connectivity index (χ2n) is 5.93. The van der Waals surface area contributed by atoms with Crippen LogP contribution < -0.4 is 0 Å². The van der Waals surface area contributed by atoms with Crippen LogP contribution >= 0.6 is 0 Å². The second kappa shape index (κ2) is 3.84. The van der Waals surface area contributed by atoms with E-state index in [1.807, 2.05) is 0 Å². The van der Waals surface area contributed by atoms with E-state index in [0.717, 1.165) is 11.8 Å². The Labute approximate surface area is 87.9 Å². The Kier molecular flexibility index (Phi) is 2.88. The number of hydrogen-bond acceptors (Lipinski definition) is 1. The molecule has 2 fully saturated rings. The Morgan fingerprint density at radius 1 is 1.07 bits per heavy atom. The van der Waals surface area contributed by atoms with Gasteiger partial charge >= 0.3 is 0 Å². The number of aliphatic hydroxyl groups excluding tert-OH is 1. The summed E-state index contributed by atoms with van der Waals surface area (Å²) in [6.07, 6.45) is 5.50. The molecule has 1 nitrogen and oxygen atoms in total. The Morgan fingerprint density at radius 3 is 2.21 bits per heavy atom. The lowest BCUT2D eigenvalue weighted by Gasteiger charge is -2.32. The molecule has 0 amide bonds. The van der Waals surface area contributed by atoms with E-state index >= 15 is 0 Å². The lowest BCUT2D eigenvalue weighted by Crippen LogP contribution is -2.33. The molecule has 0 aromatic rings. The topological polar surface area (TPSA) is 20.2 Å². The van der Waals surface area contributed by atoms with Crippen LogP contribution in [0, 0.1) is 29.6 Å². The van der Waals surface area contributed by atoms with Gasteiger partial charge in [-0.2, -0.15) is 0 Å². The molecular formula is C13H24O. The minimum Gasteiger partial charge on any atom is -0.393 e. The van der Waals surface area contributed by atoms with Crippen LogP contribution in [-0.2, 0) is 0 Å². The molecule has 2 rings (SSSR count). The van der Waals surface area contributed by atoms with E-state index in [1.54, 1.807) is 0 Å². The van der Waals surface area contributed by atoms with Gasteiger partial charge in [-0.25, -0.2) is 0 Å². The van der Waals surface area contributed by atoms with Gasteiger partial charge < -0.3 is 5.11 Å². The fourth-order valence-corrected chi connectivity index (χ4v) is 3.50. The van der Waals surface area contributed by atoms with Crippen molar-refractivity contribution in [1.29, 1.82) is 0 Å². The van der Waals surface area contributed by atoms with Gasteiger partial charge in [-0.05, 0) is 48.9 Å². The smallest absolute Gasteiger partial charge is 0.0599 e. The molecule has 2 aliphatic rings. The van der Waals surface area contributed by atoms with Gasteiger partial charge in [-0.15, -0.1) is 0 Å². The summed E-state index contributed by atoms with van der Waals surface area (Å²) < 4.78 is 0. The van der Waals surface area contributed by atoms with E-state index < -0.39 is 0 Å². The summed E-state index contributed by atoms with van der Waals surface area (Å²) in [6, 6.07) is 0. The highest BCUT2D eigenvalue weighted by Crippen LogP contribution is 2.50. The Bertz CT molecular complexity index is 199. The van der Waals surface area contributed by atoms with Crippen molar-refractivity contribution in [2.24, 2.45) is 29.6 Å². The molecule has 2 aliphatic carbocycles. The van der Waals surface area contributed by atoms with E-state index in [2.05, 4.69) is 20.8 Å². The Morgan fingerprint density at radius 2 is 1.79 bits per heavy atom. The fraction of sp³-hybridized carbons (Fsp3) is 1.00. The quantitative estimate of drug-likeness (QED) is 0.735. The lowest BCUT2D eigenvalue weighted by atomic mass is 9.77. The van der Waals surface area contributed by atoms with Crippen molar-refractivity contribution in [2.75, 3.05) is 0 Å². The van der Waals surface area contributed by atoms with Crippen LogP contribution in [-0.4, -0.2) is 11.2 Å². The first-order valence-corrected chi connectivity index (χ1v) is 6.27. The molecule has 1 N–H and O–H groups in total. The molecule has 2 bridgehead atoms. The Balaban J connectivity index is 1.95. The molecule has 5 unspecified atom stereocenters. The van der Waals surface area contributed by atoms with Gasteiger partial charge in [-0.3, -0.25) is 0 Å². The normalized spacial score (nSPS) is 40.5. The van der Waals surface area contributed by atoms with Crippen molar-refractivity contribution in [3.8, 4) is 0 Å². The number of aliphatic hydroxyl groups is 1. The van der Waals surface area contributed by atoms with Crippen molar-refractivity contribution >= 4 is 0 Å². The van der Waals surface area contributed by atoms with Crippen LogP contribution in [0.15, 0.2) is 0 Å². The lowest BCUT2D eigenvalue weighted by molar-refractivity contribution is 0.0150. The first-order chi connectivity index (χ1) is 6.59. The minimum atomic E-state index is -0.0368. The van der Waals surface area contributed by atoms with Crippen LogP contribution in [0.5, 0.6) is 0 Å². The minimum absolute atomic E-state index is 0.0368. The first kappa shape index (κ1) is 10.5. The number of fused-ring (bicyclic) bond motifs is 2. The SMILES string of the molecule is CC(C)C(C)C(O)C1CC2CCC1C2. The maximum absolute atomic E-state index is 10.3. The summed E-state index contributed by atoms with van der Waals surface area (Å²) in [6.45, 7) is 6.66. The third kappa shape index (κ3) is 1.71. The van der Waals surface area contributed by atoms with Gasteiger partial charge in [0.1, 0.15) is 0 Å². The van der Waals surface area contributed by atoms with Crippen molar-refractivity contribution in [3.63, 3.8) is 0 Å². The average molecular weight is 196 g/mol. The van der Waals surface area contributed by atoms with Crippen molar-refractivity contribution in [3.05, 3.63) is 0 Å². The zero-order valence-corrected chi connectivity index (χ0v) is 9.74. The monoisotopic (exact) mass is 196 g/mol. The molecule has 2 saturated carbocycles. The largest absolute Gasteiger partial charge is 0.393 e. The van der Waals surface area contributed by atoms with E-state index in [9.17, 15) is 5.11 Å². The molecule has 0 spiro atoms. The molecule has 0 aromatic heterocycles. The highest BCUT2D eigenvalue weighted by Gasteiger charge is 2.44. The van der Waals surface area contributed by atoms with E-state index in [0.29, 0.717) is 17.8 Å². The first-order valence-electron chi connectivity index (χ1n) is 6.27. The summed E-state index contributed by atoms with van der Waals surface area (Å²) in [4.78, 5) is 0. The molecule has 0 radical (unpaired) electrons. The maximum atomic E-state index is 10.3. The standard InChI is InChI=1S/C13H24O/c1-8(2)9(3)13(14)12-7-10-4-5-11(12)6-10/h8-14H,4-7H2,1-3H3. The summed E-state index contributed by atoms with van der Waals surface area (Å²) >= 11 is 0. The van der Waals surface area contributed by atoms with E-state index in [-0.39, 0.29) is 6.10 Å². The maximum Gasteiger partial charge on any atom is 0.0599 e. The predicted octanol–water partition coefficient (Wildman–Crippen LogP) is 3.08. The molecule has 0 aromatic carbocycles. The zero-order valence-electron chi connectivity index (χ0n) is 9.74. The summed E-state index contributed by atoms with van der Waals surface area (Å²) in [5, 5.41) is 10.3. The van der Waals surface area contributed by atoms with Gasteiger partial charge in [0, 0.05) is 0 Å². The Hall–Kier alpha value is -0.0400. The second-order valence-corrected chi connectivity index (χ2v) is 5.93. The number of rotatable bonds is 3. The van der Waals surface area contributed by atoms with Crippen LogP contribution in [0.2, 0.25) is 0 Å². The van der Waals surface area contributed by atoms with Crippen LogP contribution in [0.1, 0.15) is 46.5 Å².